The number of methoxy groups -OCH3 is 1. The molecule has 1 aromatic heterocycles. The molecule has 3 aromatic rings. The summed E-state index contributed by atoms with van der Waals surface area (Å²) in [5.74, 6) is 5.79. The van der Waals surface area contributed by atoms with Gasteiger partial charge in [-0.15, -0.1) is 0 Å². The lowest BCUT2D eigenvalue weighted by atomic mass is 9.99. The molecule has 4 amide bonds. The molecule has 180 valence electrons. The highest BCUT2D eigenvalue weighted by Gasteiger charge is 2.48. The Kier molecular flexibility index (Phi) is 6.00. The van der Waals surface area contributed by atoms with Crippen LogP contribution >= 0.6 is 0 Å². The predicted octanol–water partition coefficient (Wildman–Crippen LogP) is 2.25. The average Bonchev–Trinajstić information content (AvgIpc) is 3.36. The Balaban J connectivity index is 1.41. The first kappa shape index (κ1) is 22.9. The van der Waals surface area contributed by atoms with Crippen molar-refractivity contribution in [2.45, 2.75) is 18.7 Å². The van der Waals surface area contributed by atoms with Gasteiger partial charge in [-0.1, -0.05) is 48.2 Å². The summed E-state index contributed by atoms with van der Waals surface area (Å²) in [5.41, 5.74) is 1.07. The number of amides is 4. The number of urea groups is 1. The fourth-order valence-corrected chi connectivity index (χ4v) is 4.11. The molecule has 1 atom stereocenters. The van der Waals surface area contributed by atoms with Gasteiger partial charge < -0.3 is 19.7 Å². The van der Waals surface area contributed by atoms with Crippen molar-refractivity contribution in [3.63, 3.8) is 0 Å². The van der Waals surface area contributed by atoms with E-state index in [0.29, 0.717) is 29.4 Å². The number of pyridine rings is 1. The second-order valence-electron chi connectivity index (χ2n) is 8.38. The lowest BCUT2D eigenvalue weighted by Gasteiger charge is -2.26. The molecule has 2 aliphatic heterocycles. The maximum atomic E-state index is 13.1. The molecule has 0 spiro atoms. The number of benzene rings is 2. The van der Waals surface area contributed by atoms with E-state index in [0.717, 1.165) is 11.1 Å². The number of ether oxygens (including phenoxy) is 2. The van der Waals surface area contributed by atoms with Gasteiger partial charge in [-0.05, 0) is 35.4 Å². The number of imide groups is 1. The summed E-state index contributed by atoms with van der Waals surface area (Å²) in [7, 11) is 1.53. The second kappa shape index (κ2) is 9.43. The average molecular weight is 482 g/mol. The number of hydrogen-bond acceptors (Lipinski definition) is 6. The van der Waals surface area contributed by atoms with Gasteiger partial charge in [-0.25, -0.2) is 9.78 Å². The van der Waals surface area contributed by atoms with Crippen LogP contribution in [-0.4, -0.2) is 46.9 Å². The number of nitrogens with one attached hydrogen (secondary N) is 2. The van der Waals surface area contributed by atoms with Crippen LogP contribution in [0.1, 0.15) is 27.0 Å². The third kappa shape index (κ3) is 4.44. The Morgan fingerprint density at radius 2 is 1.92 bits per heavy atom. The van der Waals surface area contributed by atoms with E-state index in [1.54, 1.807) is 30.5 Å². The molecule has 0 bridgehead atoms. The van der Waals surface area contributed by atoms with E-state index in [9.17, 15) is 14.4 Å². The monoisotopic (exact) mass is 482 g/mol. The molecule has 1 fully saturated rings. The van der Waals surface area contributed by atoms with Gasteiger partial charge in [0.05, 0.1) is 19.2 Å². The first-order valence-electron chi connectivity index (χ1n) is 11.2. The maximum Gasteiger partial charge on any atom is 0.323 e. The number of carbonyl (C=O) groups is 3. The molecule has 0 unspecified atom stereocenters. The molecule has 36 heavy (non-hydrogen) atoms. The zero-order valence-electron chi connectivity index (χ0n) is 19.4. The third-order valence-corrected chi connectivity index (χ3v) is 5.97. The topological polar surface area (TPSA) is 110 Å². The normalized spacial score (nSPS) is 18.1. The molecule has 0 saturated carbocycles. The highest BCUT2D eigenvalue weighted by molar-refractivity contribution is 6.10. The fraction of sp³-hybridized carbons (Fsp3) is 0.185. The molecule has 1 saturated heterocycles. The van der Waals surface area contributed by atoms with Crippen molar-refractivity contribution in [3.8, 4) is 23.5 Å². The van der Waals surface area contributed by atoms with Crippen LogP contribution in [0.3, 0.4) is 0 Å². The van der Waals surface area contributed by atoms with Gasteiger partial charge in [0.15, 0.2) is 0 Å². The van der Waals surface area contributed by atoms with Crippen LogP contribution in [0.4, 0.5) is 4.79 Å². The molecular formula is C27H22N4O5. The molecule has 2 N–H and O–H groups in total. The fourth-order valence-electron chi connectivity index (χ4n) is 4.11. The van der Waals surface area contributed by atoms with Crippen LogP contribution in [0.15, 0.2) is 66.9 Å². The largest absolute Gasteiger partial charge is 0.497 e. The summed E-state index contributed by atoms with van der Waals surface area (Å²) in [6.45, 7) is 0.440. The summed E-state index contributed by atoms with van der Waals surface area (Å²) in [6, 6.07) is 17.6. The molecule has 2 aromatic carbocycles. The summed E-state index contributed by atoms with van der Waals surface area (Å²) in [6.07, 6.45) is 1.58. The minimum atomic E-state index is -1.63. The lowest BCUT2D eigenvalue weighted by Crippen LogP contribution is -2.54. The number of aromatic nitrogens is 1. The molecule has 9 heteroatoms. The lowest BCUT2D eigenvalue weighted by molar-refractivity contribution is -0.122. The first-order chi connectivity index (χ1) is 17.5. The number of hydrogen-bond donors (Lipinski definition) is 2. The molecule has 0 radical (unpaired) electrons. The number of carbonyl (C=O) groups excluding carboxylic acids is 3. The summed E-state index contributed by atoms with van der Waals surface area (Å²) < 4.78 is 11.1. The van der Waals surface area contributed by atoms with Gasteiger partial charge in [0.1, 0.15) is 12.4 Å². The van der Waals surface area contributed by atoms with Gasteiger partial charge in [-0.3, -0.25) is 14.9 Å². The van der Waals surface area contributed by atoms with Crippen LogP contribution in [0.2, 0.25) is 0 Å². The minimum Gasteiger partial charge on any atom is -0.497 e. The zero-order chi connectivity index (χ0) is 25.1. The Bertz CT molecular complexity index is 1410. The van der Waals surface area contributed by atoms with Crippen molar-refractivity contribution in [1.82, 2.24) is 20.5 Å². The molecule has 9 nitrogen and oxygen atoms in total. The van der Waals surface area contributed by atoms with Crippen molar-refractivity contribution < 1.29 is 23.9 Å². The molecule has 0 aliphatic carbocycles. The van der Waals surface area contributed by atoms with Gasteiger partial charge in [0.25, 0.3) is 11.8 Å². The van der Waals surface area contributed by atoms with Crippen molar-refractivity contribution >= 4 is 17.8 Å². The van der Waals surface area contributed by atoms with Crippen LogP contribution in [0.25, 0.3) is 0 Å². The Labute approximate surface area is 207 Å². The van der Waals surface area contributed by atoms with Crippen LogP contribution in [-0.2, 0) is 17.9 Å². The number of nitrogens with zero attached hydrogens (tertiary/aromatic N) is 2. The Hall–Kier alpha value is -4.84. The van der Waals surface area contributed by atoms with Crippen molar-refractivity contribution in [2.75, 3.05) is 13.7 Å². The smallest absolute Gasteiger partial charge is 0.323 e. The third-order valence-electron chi connectivity index (χ3n) is 5.97. The van der Waals surface area contributed by atoms with Crippen LogP contribution in [0, 0.1) is 11.8 Å². The van der Waals surface area contributed by atoms with E-state index in [1.807, 2.05) is 36.4 Å². The quantitative estimate of drug-likeness (QED) is 0.412. The highest BCUT2D eigenvalue weighted by Crippen LogP contribution is 2.28. The number of fused-ring (bicyclic) bond motifs is 1. The molecular weight excluding hydrogens is 460 g/mol. The summed E-state index contributed by atoms with van der Waals surface area (Å²) in [4.78, 5) is 43.8. The molecule has 3 heterocycles. The van der Waals surface area contributed by atoms with E-state index in [-0.39, 0.29) is 19.0 Å². The van der Waals surface area contributed by atoms with Crippen molar-refractivity contribution in [3.05, 3.63) is 89.1 Å². The summed E-state index contributed by atoms with van der Waals surface area (Å²) in [5, 5.41) is 4.85. The zero-order valence-corrected chi connectivity index (χ0v) is 19.4. The van der Waals surface area contributed by atoms with E-state index >= 15 is 0 Å². The SMILES string of the molecule is COc1ccc2c(c1)C(=O)N(C[C@@]1(C#Cc3cccnc3OCc3ccccc3)NC(=O)NC1=O)C2. The predicted molar refractivity (Wildman–Crippen MR) is 129 cm³/mol. The van der Waals surface area contributed by atoms with E-state index in [2.05, 4.69) is 27.5 Å². The van der Waals surface area contributed by atoms with E-state index < -0.39 is 17.5 Å². The molecule has 5 rings (SSSR count). The van der Waals surface area contributed by atoms with Crippen molar-refractivity contribution in [1.29, 1.82) is 0 Å². The Morgan fingerprint density at radius 3 is 2.67 bits per heavy atom. The van der Waals surface area contributed by atoms with Gasteiger partial charge in [0, 0.05) is 18.3 Å². The van der Waals surface area contributed by atoms with Gasteiger partial charge in [0.2, 0.25) is 11.4 Å². The minimum absolute atomic E-state index is 0.131. The number of rotatable bonds is 6. The van der Waals surface area contributed by atoms with Gasteiger partial charge in [-0.2, -0.15) is 0 Å². The van der Waals surface area contributed by atoms with E-state index in [4.69, 9.17) is 9.47 Å². The standard InChI is InChI=1S/C27H22N4O5/c1-35-21-10-9-20-15-31(24(32)22(20)14-21)17-27(25(33)29-26(34)30-27)12-11-19-8-5-13-28-23(19)36-16-18-6-3-2-4-7-18/h2-10,13-14H,15-17H2,1H3,(H2,29,30,33,34)/t27-/m1/s1. The summed E-state index contributed by atoms with van der Waals surface area (Å²) >= 11 is 0. The first-order valence-corrected chi connectivity index (χ1v) is 11.2. The van der Waals surface area contributed by atoms with Crippen LogP contribution in [0.5, 0.6) is 11.6 Å². The van der Waals surface area contributed by atoms with Crippen molar-refractivity contribution in [2.24, 2.45) is 0 Å². The molecule has 2 aliphatic rings. The maximum absolute atomic E-state index is 13.1. The highest BCUT2D eigenvalue weighted by atomic mass is 16.5. The van der Waals surface area contributed by atoms with Crippen LogP contribution < -0.4 is 20.1 Å². The van der Waals surface area contributed by atoms with E-state index in [1.165, 1.54) is 12.0 Å². The van der Waals surface area contributed by atoms with Gasteiger partial charge >= 0.3 is 6.03 Å². The second-order valence-corrected chi connectivity index (χ2v) is 8.38. The Morgan fingerprint density at radius 1 is 1.08 bits per heavy atom.